The molecule has 2 amide bonds. The van der Waals surface area contributed by atoms with Gasteiger partial charge in [0.1, 0.15) is 0 Å². The zero-order valence-corrected chi connectivity index (χ0v) is 15.0. The van der Waals surface area contributed by atoms with Crippen LogP contribution in [0, 0.1) is 13.8 Å². The fourth-order valence-electron chi connectivity index (χ4n) is 3.83. The Morgan fingerprint density at radius 2 is 1.48 bits per heavy atom. The van der Waals surface area contributed by atoms with Crippen molar-refractivity contribution in [1.29, 1.82) is 0 Å². The van der Waals surface area contributed by atoms with Gasteiger partial charge >= 0.3 is 6.03 Å². The molecule has 5 nitrogen and oxygen atoms in total. The van der Waals surface area contributed by atoms with E-state index in [0.717, 1.165) is 22.5 Å². The summed E-state index contributed by atoms with van der Waals surface area (Å²) in [6.07, 6.45) is 0. The van der Waals surface area contributed by atoms with Crippen molar-refractivity contribution in [2.45, 2.75) is 25.9 Å². The summed E-state index contributed by atoms with van der Waals surface area (Å²) in [6.45, 7) is 3.92. The van der Waals surface area contributed by atoms with Gasteiger partial charge in [0.2, 0.25) is 0 Å². The molecular weight excluding hydrogens is 336 g/mol. The molecule has 0 bridgehead atoms. The molecule has 0 aromatic heterocycles. The Bertz CT molecular complexity index is 937. The average Bonchev–Trinajstić information content (AvgIpc) is 2.99. The van der Waals surface area contributed by atoms with Crippen molar-refractivity contribution in [2.75, 3.05) is 21.3 Å². The third-order valence-electron chi connectivity index (χ3n) is 5.06. The van der Waals surface area contributed by atoms with Crippen LogP contribution in [0.4, 0.5) is 16.2 Å². The Balaban J connectivity index is 1.83. The predicted octanol–water partition coefficient (Wildman–Crippen LogP) is 2.92. The molecule has 0 N–H and O–H groups in total. The fourth-order valence-corrected chi connectivity index (χ4v) is 5.75. The number of sulfone groups is 1. The highest BCUT2D eigenvalue weighted by molar-refractivity contribution is 7.91. The zero-order chi connectivity index (χ0) is 17.8. The van der Waals surface area contributed by atoms with Gasteiger partial charge < -0.3 is 0 Å². The van der Waals surface area contributed by atoms with Gasteiger partial charge in [0.15, 0.2) is 9.84 Å². The number of hydrogen-bond donors (Lipinski definition) is 0. The lowest BCUT2D eigenvalue weighted by atomic mass is 10.1. The highest BCUT2D eigenvalue weighted by Crippen LogP contribution is 2.38. The van der Waals surface area contributed by atoms with Gasteiger partial charge in [0, 0.05) is 11.4 Å². The molecule has 130 valence electrons. The molecule has 2 heterocycles. The van der Waals surface area contributed by atoms with Crippen molar-refractivity contribution < 1.29 is 13.2 Å². The maximum atomic E-state index is 13.2. The van der Waals surface area contributed by atoms with Gasteiger partial charge in [-0.05, 0) is 37.6 Å². The molecular formula is C19H20N2O3S. The van der Waals surface area contributed by atoms with Crippen molar-refractivity contribution in [3.63, 3.8) is 0 Å². The number of anilines is 2. The van der Waals surface area contributed by atoms with Crippen LogP contribution in [0.2, 0.25) is 0 Å². The Hall–Kier alpha value is -2.34. The smallest absolute Gasteiger partial charge is 0.288 e. The van der Waals surface area contributed by atoms with Crippen LogP contribution in [0.1, 0.15) is 11.1 Å². The normalized spacial score (nSPS) is 24.6. The molecule has 0 spiro atoms. The maximum Gasteiger partial charge on any atom is 0.329 e. The number of benzene rings is 2. The molecule has 25 heavy (non-hydrogen) atoms. The largest absolute Gasteiger partial charge is 0.329 e. The lowest BCUT2D eigenvalue weighted by molar-refractivity contribution is 0.255. The second-order valence-electron chi connectivity index (χ2n) is 6.86. The number of nitrogens with zero attached hydrogens (tertiary/aromatic N) is 2. The summed E-state index contributed by atoms with van der Waals surface area (Å²) < 4.78 is 24.6. The number of fused-ring (bicyclic) bond motifs is 1. The molecule has 2 fully saturated rings. The van der Waals surface area contributed by atoms with Crippen LogP contribution in [0.25, 0.3) is 0 Å². The first-order valence-electron chi connectivity index (χ1n) is 8.32. The lowest BCUT2D eigenvalue weighted by Crippen LogP contribution is -2.38. The molecule has 2 atom stereocenters. The first-order valence-corrected chi connectivity index (χ1v) is 10.1. The number of carbonyl (C=O) groups excluding carboxylic acids is 1. The molecule has 0 aliphatic carbocycles. The van der Waals surface area contributed by atoms with E-state index in [1.54, 1.807) is 9.80 Å². The second kappa shape index (κ2) is 5.59. The molecule has 0 saturated carbocycles. The SMILES string of the molecule is Cc1ccc(N2C(=O)N(c3ccccc3C)[C@@H]3CS(=O)(=O)C[C@@H]32)cc1. The maximum absolute atomic E-state index is 13.2. The molecule has 2 aliphatic rings. The van der Waals surface area contributed by atoms with Crippen molar-refractivity contribution >= 4 is 27.2 Å². The molecule has 0 radical (unpaired) electrons. The van der Waals surface area contributed by atoms with Crippen LogP contribution >= 0.6 is 0 Å². The molecule has 0 unspecified atom stereocenters. The highest BCUT2D eigenvalue weighted by atomic mass is 32.2. The Morgan fingerprint density at radius 3 is 2.12 bits per heavy atom. The molecule has 2 aromatic rings. The minimum Gasteiger partial charge on any atom is -0.288 e. The van der Waals surface area contributed by atoms with Crippen molar-refractivity contribution in [1.82, 2.24) is 0 Å². The van der Waals surface area contributed by atoms with E-state index in [4.69, 9.17) is 0 Å². The van der Waals surface area contributed by atoms with E-state index in [0.29, 0.717) is 0 Å². The second-order valence-corrected chi connectivity index (χ2v) is 9.01. The van der Waals surface area contributed by atoms with Crippen LogP contribution in [0.3, 0.4) is 0 Å². The number of hydrogen-bond acceptors (Lipinski definition) is 3. The van der Waals surface area contributed by atoms with Crippen LogP contribution in [0.5, 0.6) is 0 Å². The molecule has 6 heteroatoms. The Morgan fingerprint density at radius 1 is 0.880 bits per heavy atom. The number of aryl methyl sites for hydroxylation is 2. The topological polar surface area (TPSA) is 57.7 Å². The van der Waals surface area contributed by atoms with Gasteiger partial charge in [-0.1, -0.05) is 35.9 Å². The Labute approximate surface area is 147 Å². The number of amides is 2. The van der Waals surface area contributed by atoms with Gasteiger partial charge in [0.25, 0.3) is 0 Å². The Kier molecular flexibility index (Phi) is 3.61. The van der Waals surface area contributed by atoms with E-state index in [9.17, 15) is 13.2 Å². The monoisotopic (exact) mass is 356 g/mol. The third kappa shape index (κ3) is 2.61. The number of carbonyl (C=O) groups is 1. The van der Waals surface area contributed by atoms with Crippen LogP contribution in [0.15, 0.2) is 48.5 Å². The minimum absolute atomic E-state index is 0.0136. The molecule has 2 aromatic carbocycles. The summed E-state index contributed by atoms with van der Waals surface area (Å²) in [5, 5.41) is 0. The van der Waals surface area contributed by atoms with Gasteiger partial charge in [-0.15, -0.1) is 0 Å². The van der Waals surface area contributed by atoms with Crippen LogP contribution < -0.4 is 9.80 Å². The lowest BCUT2D eigenvalue weighted by Gasteiger charge is -2.24. The first kappa shape index (κ1) is 16.1. The summed E-state index contributed by atoms with van der Waals surface area (Å²) in [5.41, 5.74) is 3.60. The minimum atomic E-state index is -3.17. The van der Waals surface area contributed by atoms with Crippen LogP contribution in [-0.4, -0.2) is 38.0 Å². The summed E-state index contributed by atoms with van der Waals surface area (Å²) in [5.74, 6) is 0.0275. The fraction of sp³-hybridized carbons (Fsp3) is 0.316. The number of rotatable bonds is 2. The quantitative estimate of drug-likeness (QED) is 0.778. The molecule has 4 rings (SSSR count). The summed E-state index contributed by atoms with van der Waals surface area (Å²) in [7, 11) is -3.17. The van der Waals surface area contributed by atoms with Crippen molar-refractivity contribution in [2.24, 2.45) is 0 Å². The van der Waals surface area contributed by atoms with E-state index in [-0.39, 0.29) is 29.6 Å². The zero-order valence-electron chi connectivity index (χ0n) is 14.2. The van der Waals surface area contributed by atoms with Gasteiger partial charge in [0.05, 0.1) is 23.6 Å². The predicted molar refractivity (Wildman–Crippen MR) is 98.9 cm³/mol. The summed E-state index contributed by atoms with van der Waals surface area (Å²) >= 11 is 0. The van der Waals surface area contributed by atoms with Crippen molar-refractivity contribution in [3.8, 4) is 0 Å². The van der Waals surface area contributed by atoms with Crippen molar-refractivity contribution in [3.05, 3.63) is 59.7 Å². The van der Waals surface area contributed by atoms with E-state index in [1.807, 2.05) is 62.4 Å². The molecule has 2 aliphatic heterocycles. The van der Waals surface area contributed by atoms with Gasteiger partial charge in [-0.3, -0.25) is 9.80 Å². The molecule has 2 saturated heterocycles. The third-order valence-corrected chi connectivity index (χ3v) is 6.75. The van der Waals surface area contributed by atoms with Gasteiger partial charge in [-0.25, -0.2) is 13.2 Å². The average molecular weight is 356 g/mol. The van der Waals surface area contributed by atoms with Crippen LogP contribution in [-0.2, 0) is 9.84 Å². The van der Waals surface area contributed by atoms with E-state index >= 15 is 0 Å². The van der Waals surface area contributed by atoms with E-state index in [2.05, 4.69) is 0 Å². The van der Waals surface area contributed by atoms with E-state index in [1.165, 1.54) is 0 Å². The van der Waals surface area contributed by atoms with E-state index < -0.39 is 9.84 Å². The number of para-hydroxylation sites is 1. The standard InChI is InChI=1S/C19H20N2O3S/c1-13-7-9-15(10-8-13)20-17-11-25(23,24)12-18(17)21(19(20)22)16-6-4-3-5-14(16)2/h3-10,17-18H,11-12H2,1-2H3/t17-,18+/m0/s1. The van der Waals surface area contributed by atoms with Gasteiger partial charge in [-0.2, -0.15) is 0 Å². The summed E-state index contributed by atoms with van der Waals surface area (Å²) in [4.78, 5) is 16.6. The summed E-state index contributed by atoms with van der Waals surface area (Å²) in [6, 6.07) is 14.4. The number of urea groups is 1. The first-order chi connectivity index (χ1) is 11.9. The highest BCUT2D eigenvalue weighted by Gasteiger charge is 2.54.